The van der Waals surface area contributed by atoms with Gasteiger partial charge in [-0.05, 0) is 18.6 Å². The van der Waals surface area contributed by atoms with Gasteiger partial charge in [-0.3, -0.25) is 0 Å². The van der Waals surface area contributed by atoms with Gasteiger partial charge in [0.25, 0.3) is 0 Å². The monoisotopic (exact) mass is 192 g/mol. The van der Waals surface area contributed by atoms with Crippen molar-refractivity contribution < 1.29 is 0 Å². The average Bonchev–Trinajstić information content (AvgIpc) is 2.26. The first-order valence-electron chi connectivity index (χ1n) is 4.61. The van der Waals surface area contributed by atoms with Crippen molar-refractivity contribution in [2.45, 2.75) is 13.3 Å². The van der Waals surface area contributed by atoms with Crippen molar-refractivity contribution in [3.05, 3.63) is 35.2 Å². The van der Waals surface area contributed by atoms with Gasteiger partial charge in [0.15, 0.2) is 0 Å². The first-order chi connectivity index (χ1) is 6.77. The summed E-state index contributed by atoms with van der Waals surface area (Å²) in [6, 6.07) is 0. The molecule has 0 bridgehead atoms. The largest absolute Gasteiger partial charge is 0.397 e. The molecule has 0 spiro atoms. The van der Waals surface area contributed by atoms with Gasteiger partial charge in [0.2, 0.25) is 0 Å². The Morgan fingerprint density at radius 3 is 2.93 bits per heavy atom. The molecule has 0 aliphatic carbocycles. The molecule has 0 fully saturated rings. The zero-order valence-electron chi connectivity index (χ0n) is 8.33. The minimum Gasteiger partial charge on any atom is -0.397 e. The summed E-state index contributed by atoms with van der Waals surface area (Å²) < 4.78 is 0. The summed E-state index contributed by atoms with van der Waals surface area (Å²) in [5.41, 5.74) is 8.71. The van der Waals surface area contributed by atoms with E-state index in [0.29, 0.717) is 5.70 Å². The van der Waals surface area contributed by atoms with Crippen LogP contribution in [0, 0.1) is 0 Å². The van der Waals surface area contributed by atoms with Gasteiger partial charge in [-0.25, -0.2) is 0 Å². The molecule has 14 heavy (non-hydrogen) atoms. The van der Waals surface area contributed by atoms with Gasteiger partial charge in [0, 0.05) is 12.8 Å². The molecule has 0 aromatic heterocycles. The molecule has 4 heteroatoms. The van der Waals surface area contributed by atoms with Crippen LogP contribution in [0.5, 0.6) is 0 Å². The fraction of sp³-hybridized carbons (Fsp3) is 0.300. The number of nitrogens with zero attached hydrogens (tertiary/aromatic N) is 1. The maximum atomic E-state index is 5.78. The maximum Gasteiger partial charge on any atom is 0.0577 e. The summed E-state index contributed by atoms with van der Waals surface area (Å²) in [5.74, 6) is 4.97. The van der Waals surface area contributed by atoms with Gasteiger partial charge < -0.3 is 16.9 Å². The zero-order valence-corrected chi connectivity index (χ0v) is 8.33. The minimum absolute atomic E-state index is 0.644. The predicted molar refractivity (Wildman–Crippen MR) is 59.4 cm³/mol. The fourth-order valence-electron chi connectivity index (χ4n) is 1.18. The molecule has 0 aromatic carbocycles. The lowest BCUT2D eigenvalue weighted by Gasteiger charge is -2.16. The van der Waals surface area contributed by atoms with Crippen LogP contribution in [-0.2, 0) is 0 Å². The Hall–Kier alpha value is -1.71. The summed E-state index contributed by atoms with van der Waals surface area (Å²) >= 11 is 0. The molecule has 0 unspecified atom stereocenters. The third-order valence-electron chi connectivity index (χ3n) is 2.10. The SMILES string of the molecule is CCC1=CC=C(C(N)=CC=NN)NC1. The Morgan fingerprint density at radius 1 is 1.64 bits per heavy atom. The standard InChI is InChI=1S/C10H16N4/c1-2-8-3-4-10(13-7-8)9(11)5-6-14-12/h3-6,13H,2,7,11-12H2,1H3. The molecule has 1 rings (SSSR count). The summed E-state index contributed by atoms with van der Waals surface area (Å²) in [7, 11) is 0. The van der Waals surface area contributed by atoms with Gasteiger partial charge in [-0.1, -0.05) is 18.6 Å². The lowest BCUT2D eigenvalue weighted by Crippen LogP contribution is -2.23. The molecule has 76 valence electrons. The molecular weight excluding hydrogens is 176 g/mol. The Bertz CT molecular complexity index is 310. The van der Waals surface area contributed by atoms with Crippen molar-refractivity contribution in [2.75, 3.05) is 6.54 Å². The number of rotatable bonds is 3. The van der Waals surface area contributed by atoms with Crippen LogP contribution in [0.25, 0.3) is 0 Å². The maximum absolute atomic E-state index is 5.78. The van der Waals surface area contributed by atoms with Crippen LogP contribution in [0.2, 0.25) is 0 Å². The van der Waals surface area contributed by atoms with E-state index in [-0.39, 0.29) is 0 Å². The highest BCUT2D eigenvalue weighted by molar-refractivity contribution is 5.73. The van der Waals surface area contributed by atoms with E-state index in [1.54, 1.807) is 6.08 Å². The highest BCUT2D eigenvalue weighted by Crippen LogP contribution is 2.10. The predicted octanol–water partition coefficient (Wildman–Crippen LogP) is 0.597. The minimum atomic E-state index is 0.644. The molecule has 1 aliphatic heterocycles. The quantitative estimate of drug-likeness (QED) is 0.348. The van der Waals surface area contributed by atoms with Crippen LogP contribution in [0.4, 0.5) is 0 Å². The Balaban J connectivity index is 2.72. The first-order valence-corrected chi connectivity index (χ1v) is 4.61. The van der Waals surface area contributed by atoms with Crippen molar-refractivity contribution >= 4 is 6.21 Å². The molecule has 0 saturated carbocycles. The molecule has 0 amide bonds. The highest BCUT2D eigenvalue weighted by Gasteiger charge is 2.04. The number of allylic oxidation sites excluding steroid dienone is 3. The highest BCUT2D eigenvalue weighted by atomic mass is 15.1. The second kappa shape index (κ2) is 5.11. The molecule has 0 aromatic rings. The molecule has 0 saturated heterocycles. The third kappa shape index (κ3) is 2.65. The Kier molecular flexibility index (Phi) is 3.79. The average molecular weight is 192 g/mol. The van der Waals surface area contributed by atoms with E-state index in [2.05, 4.69) is 23.4 Å². The van der Waals surface area contributed by atoms with Crippen LogP contribution >= 0.6 is 0 Å². The van der Waals surface area contributed by atoms with E-state index in [9.17, 15) is 0 Å². The zero-order chi connectivity index (χ0) is 10.4. The van der Waals surface area contributed by atoms with Crippen LogP contribution in [0.1, 0.15) is 13.3 Å². The van der Waals surface area contributed by atoms with Crippen LogP contribution in [0.15, 0.2) is 40.3 Å². The summed E-state index contributed by atoms with van der Waals surface area (Å²) in [4.78, 5) is 0. The molecular formula is C10H16N4. The van der Waals surface area contributed by atoms with Crippen molar-refractivity contribution in [3.63, 3.8) is 0 Å². The Morgan fingerprint density at radius 2 is 2.43 bits per heavy atom. The van der Waals surface area contributed by atoms with Crippen molar-refractivity contribution in [1.29, 1.82) is 0 Å². The van der Waals surface area contributed by atoms with Crippen LogP contribution < -0.4 is 16.9 Å². The normalized spacial score (nSPS) is 17.6. The molecule has 0 radical (unpaired) electrons. The van der Waals surface area contributed by atoms with E-state index >= 15 is 0 Å². The van der Waals surface area contributed by atoms with Gasteiger partial charge >= 0.3 is 0 Å². The van der Waals surface area contributed by atoms with E-state index < -0.39 is 0 Å². The summed E-state index contributed by atoms with van der Waals surface area (Å²) in [5, 5.41) is 6.58. The molecule has 4 nitrogen and oxygen atoms in total. The van der Waals surface area contributed by atoms with Gasteiger partial charge in [0.1, 0.15) is 0 Å². The molecule has 5 N–H and O–H groups in total. The number of hydrogen-bond donors (Lipinski definition) is 3. The molecule has 1 heterocycles. The summed E-state index contributed by atoms with van der Waals surface area (Å²) in [6.07, 6.45) is 8.26. The lowest BCUT2D eigenvalue weighted by molar-refractivity contribution is 0.826. The number of dihydropyridines is 1. The second-order valence-electron chi connectivity index (χ2n) is 3.03. The summed E-state index contributed by atoms with van der Waals surface area (Å²) in [6.45, 7) is 2.99. The first kappa shape index (κ1) is 10.4. The number of hydrogen-bond acceptors (Lipinski definition) is 4. The number of hydrazone groups is 1. The van der Waals surface area contributed by atoms with E-state index in [1.165, 1.54) is 11.8 Å². The van der Waals surface area contributed by atoms with Crippen LogP contribution in [-0.4, -0.2) is 12.8 Å². The Labute approximate surface area is 84.0 Å². The van der Waals surface area contributed by atoms with Gasteiger partial charge in [0.05, 0.1) is 11.4 Å². The second-order valence-corrected chi connectivity index (χ2v) is 3.03. The van der Waals surface area contributed by atoms with Crippen molar-refractivity contribution in [3.8, 4) is 0 Å². The topological polar surface area (TPSA) is 76.4 Å². The van der Waals surface area contributed by atoms with E-state index in [1.807, 2.05) is 6.08 Å². The third-order valence-corrected chi connectivity index (χ3v) is 2.10. The smallest absolute Gasteiger partial charge is 0.0577 e. The molecule has 0 atom stereocenters. The van der Waals surface area contributed by atoms with Crippen molar-refractivity contribution in [2.24, 2.45) is 16.7 Å². The van der Waals surface area contributed by atoms with Crippen molar-refractivity contribution in [1.82, 2.24) is 5.32 Å². The van der Waals surface area contributed by atoms with E-state index in [4.69, 9.17) is 11.6 Å². The van der Waals surface area contributed by atoms with Crippen LogP contribution in [0.3, 0.4) is 0 Å². The number of nitrogens with one attached hydrogen (secondary N) is 1. The van der Waals surface area contributed by atoms with E-state index in [0.717, 1.165) is 18.7 Å². The van der Waals surface area contributed by atoms with Gasteiger partial charge in [-0.15, -0.1) is 0 Å². The molecule has 1 aliphatic rings. The number of nitrogens with two attached hydrogens (primary N) is 2. The fourth-order valence-corrected chi connectivity index (χ4v) is 1.18. The lowest BCUT2D eigenvalue weighted by atomic mass is 10.1. The van der Waals surface area contributed by atoms with Gasteiger partial charge in [-0.2, -0.15) is 5.10 Å².